The molecular weight excluding hydrogens is 220 g/mol. The third-order valence-electron chi connectivity index (χ3n) is 2.58. The van der Waals surface area contributed by atoms with Crippen LogP contribution in [0.1, 0.15) is 23.7 Å². The second kappa shape index (κ2) is 6.25. The number of carbonyl (C=O) groups excluding carboxylic acids is 1. The fourth-order valence-corrected chi connectivity index (χ4v) is 1.48. The highest BCUT2D eigenvalue weighted by atomic mass is 16.5. The lowest BCUT2D eigenvalue weighted by Crippen LogP contribution is -2.13. The molecule has 0 bridgehead atoms. The molecule has 0 fully saturated rings. The molecule has 17 heavy (non-hydrogen) atoms. The van der Waals surface area contributed by atoms with Gasteiger partial charge in [0.2, 0.25) is 0 Å². The first kappa shape index (κ1) is 13.5. The number of hydrogen-bond acceptors (Lipinski definition) is 4. The van der Waals surface area contributed by atoms with Gasteiger partial charge in [-0.15, -0.1) is 0 Å². The van der Waals surface area contributed by atoms with Gasteiger partial charge in [-0.1, -0.05) is 0 Å². The number of hydrogen-bond donors (Lipinski definition) is 0. The SMILES string of the molecule is COc1ccc(C(=O)CC(C)OC)c(OC)c1. The molecule has 1 aromatic carbocycles. The summed E-state index contributed by atoms with van der Waals surface area (Å²) in [5.74, 6) is 1.19. The van der Waals surface area contributed by atoms with E-state index in [-0.39, 0.29) is 11.9 Å². The van der Waals surface area contributed by atoms with Crippen molar-refractivity contribution in [1.29, 1.82) is 0 Å². The van der Waals surface area contributed by atoms with Crippen LogP contribution < -0.4 is 9.47 Å². The predicted octanol–water partition coefficient (Wildman–Crippen LogP) is 2.31. The van der Waals surface area contributed by atoms with Gasteiger partial charge < -0.3 is 14.2 Å². The Morgan fingerprint density at radius 1 is 1.24 bits per heavy atom. The van der Waals surface area contributed by atoms with Crippen molar-refractivity contribution in [3.05, 3.63) is 23.8 Å². The summed E-state index contributed by atoms with van der Waals surface area (Å²) in [6.07, 6.45) is 0.230. The van der Waals surface area contributed by atoms with E-state index in [1.54, 1.807) is 32.4 Å². The molecule has 1 rings (SSSR count). The summed E-state index contributed by atoms with van der Waals surface area (Å²) in [5, 5.41) is 0. The first-order chi connectivity index (χ1) is 8.12. The van der Waals surface area contributed by atoms with Crippen molar-refractivity contribution in [2.24, 2.45) is 0 Å². The molecule has 0 saturated heterocycles. The molecule has 0 aliphatic carbocycles. The van der Waals surface area contributed by atoms with Gasteiger partial charge in [0.15, 0.2) is 5.78 Å². The Morgan fingerprint density at radius 2 is 1.94 bits per heavy atom. The highest BCUT2D eigenvalue weighted by molar-refractivity contribution is 5.99. The minimum absolute atomic E-state index is 0.00106. The minimum Gasteiger partial charge on any atom is -0.497 e. The van der Waals surface area contributed by atoms with Crippen molar-refractivity contribution in [3.63, 3.8) is 0 Å². The quantitative estimate of drug-likeness (QED) is 0.713. The Bertz CT molecular complexity index is 387. The van der Waals surface area contributed by atoms with Crippen molar-refractivity contribution < 1.29 is 19.0 Å². The molecule has 1 atom stereocenters. The molecular formula is C13H18O4. The molecule has 0 aliphatic rings. The van der Waals surface area contributed by atoms with Gasteiger partial charge in [0, 0.05) is 19.6 Å². The summed E-state index contributed by atoms with van der Waals surface area (Å²) in [7, 11) is 4.69. The lowest BCUT2D eigenvalue weighted by Gasteiger charge is -2.12. The number of Topliss-reactive ketones (excluding diaryl/α,β-unsaturated/α-hetero) is 1. The summed E-state index contributed by atoms with van der Waals surface area (Å²) in [5.41, 5.74) is 0.553. The van der Waals surface area contributed by atoms with E-state index < -0.39 is 0 Å². The van der Waals surface area contributed by atoms with Gasteiger partial charge in [0.1, 0.15) is 11.5 Å². The van der Waals surface area contributed by atoms with Crippen LogP contribution in [0.5, 0.6) is 11.5 Å². The highest BCUT2D eigenvalue weighted by Crippen LogP contribution is 2.26. The van der Waals surface area contributed by atoms with Crippen molar-refractivity contribution in [2.75, 3.05) is 21.3 Å². The van der Waals surface area contributed by atoms with E-state index in [0.717, 1.165) is 0 Å². The van der Waals surface area contributed by atoms with Crippen LogP contribution in [-0.4, -0.2) is 33.2 Å². The molecule has 94 valence electrons. The van der Waals surface area contributed by atoms with Crippen LogP contribution in [0.3, 0.4) is 0 Å². The zero-order valence-corrected chi connectivity index (χ0v) is 10.6. The smallest absolute Gasteiger partial charge is 0.169 e. The molecule has 0 N–H and O–H groups in total. The van der Waals surface area contributed by atoms with Crippen molar-refractivity contribution in [3.8, 4) is 11.5 Å². The zero-order chi connectivity index (χ0) is 12.8. The van der Waals surface area contributed by atoms with Gasteiger partial charge in [-0.25, -0.2) is 0 Å². The van der Waals surface area contributed by atoms with Crippen LogP contribution in [0.2, 0.25) is 0 Å². The Hall–Kier alpha value is -1.55. The van der Waals surface area contributed by atoms with E-state index >= 15 is 0 Å². The molecule has 1 unspecified atom stereocenters. The normalized spacial score (nSPS) is 12.0. The van der Waals surface area contributed by atoms with E-state index in [0.29, 0.717) is 23.5 Å². The van der Waals surface area contributed by atoms with Crippen LogP contribution in [0.25, 0.3) is 0 Å². The van der Waals surface area contributed by atoms with E-state index in [1.807, 2.05) is 6.92 Å². The molecule has 4 heteroatoms. The molecule has 0 amide bonds. The number of methoxy groups -OCH3 is 3. The minimum atomic E-state index is -0.102. The number of rotatable bonds is 6. The third-order valence-corrected chi connectivity index (χ3v) is 2.58. The van der Waals surface area contributed by atoms with E-state index in [1.165, 1.54) is 7.11 Å². The van der Waals surface area contributed by atoms with Crippen LogP contribution in [0, 0.1) is 0 Å². The fraction of sp³-hybridized carbons (Fsp3) is 0.462. The maximum absolute atomic E-state index is 12.0. The molecule has 0 radical (unpaired) electrons. The van der Waals surface area contributed by atoms with Gasteiger partial charge in [0.25, 0.3) is 0 Å². The average Bonchev–Trinajstić information content (AvgIpc) is 2.37. The number of carbonyl (C=O) groups is 1. The zero-order valence-electron chi connectivity index (χ0n) is 10.6. The summed E-state index contributed by atoms with van der Waals surface area (Å²) in [4.78, 5) is 12.0. The fourth-order valence-electron chi connectivity index (χ4n) is 1.48. The summed E-state index contributed by atoms with van der Waals surface area (Å²) in [6.45, 7) is 1.86. The first-order valence-electron chi connectivity index (χ1n) is 5.40. The topological polar surface area (TPSA) is 44.8 Å². The van der Waals surface area contributed by atoms with Gasteiger partial charge in [-0.3, -0.25) is 4.79 Å². The number of ether oxygens (including phenoxy) is 3. The van der Waals surface area contributed by atoms with Crippen molar-refractivity contribution >= 4 is 5.78 Å². The largest absolute Gasteiger partial charge is 0.497 e. The summed E-state index contributed by atoms with van der Waals surface area (Å²) in [6, 6.07) is 5.15. The van der Waals surface area contributed by atoms with Gasteiger partial charge >= 0.3 is 0 Å². The molecule has 1 aromatic rings. The van der Waals surface area contributed by atoms with Crippen molar-refractivity contribution in [1.82, 2.24) is 0 Å². The molecule has 0 spiro atoms. The van der Waals surface area contributed by atoms with Crippen molar-refractivity contribution in [2.45, 2.75) is 19.4 Å². The Kier molecular flexibility index (Phi) is 4.97. The van der Waals surface area contributed by atoms with E-state index in [2.05, 4.69) is 0 Å². The molecule has 0 saturated carbocycles. The number of benzene rings is 1. The summed E-state index contributed by atoms with van der Waals surface area (Å²) < 4.78 is 15.3. The highest BCUT2D eigenvalue weighted by Gasteiger charge is 2.15. The van der Waals surface area contributed by atoms with Crippen LogP contribution in [0.15, 0.2) is 18.2 Å². The first-order valence-corrected chi connectivity index (χ1v) is 5.40. The second-order valence-electron chi connectivity index (χ2n) is 3.74. The van der Waals surface area contributed by atoms with E-state index in [9.17, 15) is 4.79 Å². The van der Waals surface area contributed by atoms with E-state index in [4.69, 9.17) is 14.2 Å². The van der Waals surface area contributed by atoms with Crippen LogP contribution >= 0.6 is 0 Å². The molecule has 0 aromatic heterocycles. The molecule has 0 heterocycles. The second-order valence-corrected chi connectivity index (χ2v) is 3.74. The maximum atomic E-state index is 12.0. The Balaban J connectivity index is 2.93. The lowest BCUT2D eigenvalue weighted by molar-refractivity contribution is 0.0789. The monoisotopic (exact) mass is 238 g/mol. The maximum Gasteiger partial charge on any atom is 0.169 e. The van der Waals surface area contributed by atoms with Gasteiger partial charge in [-0.2, -0.15) is 0 Å². The van der Waals surface area contributed by atoms with Crippen LogP contribution in [0.4, 0.5) is 0 Å². The average molecular weight is 238 g/mol. The van der Waals surface area contributed by atoms with Crippen LogP contribution in [-0.2, 0) is 4.74 Å². The standard InChI is InChI=1S/C13H18O4/c1-9(15-2)7-12(14)11-6-5-10(16-3)8-13(11)17-4/h5-6,8-9H,7H2,1-4H3. The van der Waals surface area contributed by atoms with Gasteiger partial charge in [0.05, 0.1) is 25.9 Å². The lowest BCUT2D eigenvalue weighted by atomic mass is 10.0. The Labute approximate surface area is 101 Å². The predicted molar refractivity (Wildman–Crippen MR) is 65.0 cm³/mol. The number of ketones is 1. The van der Waals surface area contributed by atoms with Gasteiger partial charge in [-0.05, 0) is 19.1 Å². The third kappa shape index (κ3) is 3.46. The molecule has 4 nitrogen and oxygen atoms in total. The Morgan fingerprint density at radius 3 is 2.47 bits per heavy atom. The molecule has 0 aliphatic heterocycles. The summed E-state index contributed by atoms with van der Waals surface area (Å²) >= 11 is 0.